The van der Waals surface area contributed by atoms with Gasteiger partial charge in [0, 0.05) is 61.4 Å². The van der Waals surface area contributed by atoms with Crippen molar-refractivity contribution in [1.82, 2.24) is 4.57 Å². The maximum Gasteiger partial charge on any atom is 0.0547 e. The van der Waals surface area contributed by atoms with Crippen LogP contribution in [-0.4, -0.2) is 4.57 Å². The third-order valence-corrected chi connectivity index (χ3v) is 16.2. The quantitative estimate of drug-likeness (QED) is 0.150. The molecule has 1 aromatic heterocycles. The smallest absolute Gasteiger partial charge is 0.0547 e. The summed E-state index contributed by atoms with van der Waals surface area (Å²) in [7, 11) is 0. The second kappa shape index (κ2) is 16.3. The zero-order valence-corrected chi connectivity index (χ0v) is 41.5. The molecule has 0 spiro atoms. The summed E-state index contributed by atoms with van der Waals surface area (Å²) in [5.74, 6) is 0. The number of para-hydroxylation sites is 2. The Kier molecular flexibility index (Phi) is 9.59. The Bertz CT molecular complexity index is 4030. The van der Waals surface area contributed by atoms with Gasteiger partial charge in [-0.1, -0.05) is 179 Å². The first-order chi connectivity index (χ1) is 35.7. The first-order valence-corrected chi connectivity index (χ1v) is 25.6. The predicted molar refractivity (Wildman–Crippen MR) is 308 cm³/mol. The Balaban J connectivity index is 0.858. The Labute approximate surface area is 427 Å². The topological polar surface area (TPSA) is 11.4 Å². The first-order valence-electron chi connectivity index (χ1n) is 25.6. The molecule has 0 amide bonds. The molecular formula is C70H53N3. The predicted octanol–water partition coefficient (Wildman–Crippen LogP) is 19.2. The summed E-state index contributed by atoms with van der Waals surface area (Å²) >= 11 is 0. The maximum atomic E-state index is 2.46. The van der Waals surface area contributed by atoms with E-state index in [4.69, 9.17) is 0 Å². The van der Waals surface area contributed by atoms with E-state index in [1.54, 1.807) is 0 Å². The van der Waals surface area contributed by atoms with Crippen LogP contribution in [0.3, 0.4) is 0 Å². The summed E-state index contributed by atoms with van der Waals surface area (Å²) < 4.78 is 2.43. The molecule has 0 saturated heterocycles. The Hall–Kier alpha value is -8.92. The third kappa shape index (κ3) is 6.72. The van der Waals surface area contributed by atoms with E-state index in [0.717, 1.165) is 39.8 Å². The molecule has 0 N–H and O–H groups in total. The van der Waals surface area contributed by atoms with Crippen LogP contribution in [0.4, 0.5) is 34.1 Å². The van der Waals surface area contributed by atoms with Gasteiger partial charge in [-0.2, -0.15) is 0 Å². The molecule has 0 atom stereocenters. The van der Waals surface area contributed by atoms with Crippen LogP contribution in [0.15, 0.2) is 249 Å². The number of nitrogens with zero attached hydrogens (tertiary/aromatic N) is 3. The van der Waals surface area contributed by atoms with E-state index in [-0.39, 0.29) is 10.8 Å². The molecule has 12 aromatic rings. The van der Waals surface area contributed by atoms with Crippen LogP contribution in [0, 0.1) is 0 Å². The average molecular weight is 936 g/mol. The second-order valence-corrected chi connectivity index (χ2v) is 21.0. The standard InChI is InChI=1S/C70H53N3/c1-69(2)63-23-13-10-20-57(63)59-40-37-55(44-65(59)69)72(56-38-41-60-58-21-11-14-24-64(58)70(3,4)66(60)45-56)51-30-26-47(27-31-51)49-29-39-62-61-22-12-15-25-67(61)73(68(62)43-49)53-35-33-52(34-36-53)71(50-18-6-5-7-19-50)54-32-28-46-16-8-9-17-48(46)42-54/h5-45H,1-4H3. The van der Waals surface area contributed by atoms with E-state index in [0.29, 0.717) is 0 Å². The molecule has 0 unspecified atom stereocenters. The fourth-order valence-electron chi connectivity index (χ4n) is 12.4. The minimum absolute atomic E-state index is 0.122. The lowest BCUT2D eigenvalue weighted by Crippen LogP contribution is -2.18. The van der Waals surface area contributed by atoms with Crippen molar-refractivity contribution in [3.63, 3.8) is 0 Å². The lowest BCUT2D eigenvalue weighted by molar-refractivity contribution is 0.660. The van der Waals surface area contributed by atoms with Crippen LogP contribution in [0.25, 0.3) is 71.6 Å². The molecule has 348 valence electrons. The number of anilines is 6. The van der Waals surface area contributed by atoms with E-state index < -0.39 is 0 Å². The van der Waals surface area contributed by atoms with Gasteiger partial charge in [0.2, 0.25) is 0 Å². The summed E-state index contributed by atoms with van der Waals surface area (Å²) in [6, 6.07) is 92.1. The largest absolute Gasteiger partial charge is 0.310 e. The monoisotopic (exact) mass is 935 g/mol. The molecular weight excluding hydrogens is 883 g/mol. The highest BCUT2D eigenvalue weighted by molar-refractivity contribution is 6.10. The van der Waals surface area contributed by atoms with Crippen molar-refractivity contribution in [2.24, 2.45) is 0 Å². The number of fused-ring (bicyclic) bond motifs is 10. The fraction of sp³-hybridized carbons (Fsp3) is 0.0857. The molecule has 2 aliphatic carbocycles. The second-order valence-electron chi connectivity index (χ2n) is 21.0. The van der Waals surface area contributed by atoms with Crippen molar-refractivity contribution in [1.29, 1.82) is 0 Å². The SMILES string of the molecule is CC1(C)c2ccccc2-c2ccc(N(c3ccc(-c4ccc5c6ccccc6n(-c6ccc(N(c7ccccc7)c7ccc8ccccc8c7)cc6)c5c4)cc3)c3ccc4c(c3)C(C)(C)c3ccccc3-4)cc21. The zero-order chi connectivity index (χ0) is 49.0. The molecule has 14 rings (SSSR count). The van der Waals surface area contributed by atoms with E-state index in [9.17, 15) is 0 Å². The molecule has 0 saturated carbocycles. The first kappa shape index (κ1) is 42.9. The normalized spacial score (nSPS) is 13.7. The molecule has 0 bridgehead atoms. The Morgan fingerprint density at radius 1 is 0.288 bits per heavy atom. The summed E-state index contributed by atoms with van der Waals surface area (Å²) in [6.45, 7) is 9.48. The van der Waals surface area contributed by atoms with Crippen LogP contribution >= 0.6 is 0 Å². The lowest BCUT2D eigenvalue weighted by Gasteiger charge is -2.30. The molecule has 73 heavy (non-hydrogen) atoms. The number of aromatic nitrogens is 1. The third-order valence-electron chi connectivity index (χ3n) is 16.2. The molecule has 1 heterocycles. The minimum atomic E-state index is -0.122. The van der Waals surface area contributed by atoms with Crippen LogP contribution < -0.4 is 9.80 Å². The summed E-state index contributed by atoms with van der Waals surface area (Å²) in [5, 5.41) is 4.92. The van der Waals surface area contributed by atoms with Gasteiger partial charge in [-0.25, -0.2) is 0 Å². The van der Waals surface area contributed by atoms with Crippen molar-refractivity contribution >= 4 is 66.7 Å². The number of benzene rings is 11. The summed E-state index contributed by atoms with van der Waals surface area (Å²) in [6.07, 6.45) is 0. The minimum Gasteiger partial charge on any atom is -0.310 e. The molecule has 2 aliphatic rings. The number of hydrogen-bond donors (Lipinski definition) is 0. The van der Waals surface area contributed by atoms with Crippen molar-refractivity contribution in [2.45, 2.75) is 38.5 Å². The molecule has 0 fully saturated rings. The van der Waals surface area contributed by atoms with Gasteiger partial charge < -0.3 is 14.4 Å². The van der Waals surface area contributed by atoms with Crippen LogP contribution in [0.1, 0.15) is 49.9 Å². The van der Waals surface area contributed by atoms with Crippen molar-refractivity contribution in [3.05, 3.63) is 271 Å². The molecule has 11 aromatic carbocycles. The van der Waals surface area contributed by atoms with E-state index in [1.165, 1.54) is 88.2 Å². The van der Waals surface area contributed by atoms with Gasteiger partial charge in [-0.05, 0) is 163 Å². The Morgan fingerprint density at radius 2 is 0.740 bits per heavy atom. The molecule has 0 aliphatic heterocycles. The van der Waals surface area contributed by atoms with Gasteiger partial charge in [-0.3, -0.25) is 0 Å². The fourth-order valence-corrected chi connectivity index (χ4v) is 12.4. The van der Waals surface area contributed by atoms with E-state index in [1.807, 2.05) is 0 Å². The van der Waals surface area contributed by atoms with Crippen LogP contribution in [-0.2, 0) is 10.8 Å². The highest BCUT2D eigenvalue weighted by Gasteiger charge is 2.38. The van der Waals surface area contributed by atoms with E-state index >= 15 is 0 Å². The number of hydrogen-bond acceptors (Lipinski definition) is 2. The van der Waals surface area contributed by atoms with Gasteiger partial charge in [0.05, 0.1) is 11.0 Å². The van der Waals surface area contributed by atoms with Gasteiger partial charge in [-0.15, -0.1) is 0 Å². The maximum absolute atomic E-state index is 2.46. The average Bonchev–Trinajstić information content (AvgIpc) is 3.99. The van der Waals surface area contributed by atoms with Gasteiger partial charge in [0.1, 0.15) is 0 Å². The van der Waals surface area contributed by atoms with Crippen molar-refractivity contribution in [3.8, 4) is 39.1 Å². The molecule has 3 nitrogen and oxygen atoms in total. The zero-order valence-electron chi connectivity index (χ0n) is 41.5. The van der Waals surface area contributed by atoms with Gasteiger partial charge in [0.15, 0.2) is 0 Å². The van der Waals surface area contributed by atoms with Crippen molar-refractivity contribution in [2.75, 3.05) is 9.80 Å². The van der Waals surface area contributed by atoms with Gasteiger partial charge in [0.25, 0.3) is 0 Å². The number of rotatable bonds is 8. The van der Waals surface area contributed by atoms with Crippen LogP contribution in [0.5, 0.6) is 0 Å². The summed E-state index contributed by atoms with van der Waals surface area (Å²) in [4.78, 5) is 4.81. The van der Waals surface area contributed by atoms with Crippen molar-refractivity contribution < 1.29 is 0 Å². The lowest BCUT2D eigenvalue weighted by atomic mass is 9.82. The molecule has 3 heteroatoms. The highest BCUT2D eigenvalue weighted by Crippen LogP contribution is 2.53. The Morgan fingerprint density at radius 3 is 1.40 bits per heavy atom. The molecule has 0 radical (unpaired) electrons. The van der Waals surface area contributed by atoms with E-state index in [2.05, 4.69) is 291 Å². The van der Waals surface area contributed by atoms with Crippen LogP contribution in [0.2, 0.25) is 0 Å². The summed E-state index contributed by atoms with van der Waals surface area (Å²) in [5.41, 5.74) is 23.1. The van der Waals surface area contributed by atoms with Gasteiger partial charge >= 0.3 is 0 Å². The highest BCUT2D eigenvalue weighted by atomic mass is 15.1.